The van der Waals surface area contributed by atoms with Crippen LogP contribution in [0.15, 0.2) is 119 Å². The van der Waals surface area contributed by atoms with Crippen molar-refractivity contribution in [1.82, 2.24) is 0 Å². The van der Waals surface area contributed by atoms with E-state index in [1.807, 2.05) is 62.4 Å². The summed E-state index contributed by atoms with van der Waals surface area (Å²) >= 11 is 0. The predicted octanol–water partition coefficient (Wildman–Crippen LogP) is 9.47. The first kappa shape index (κ1) is 25.4. The summed E-state index contributed by atoms with van der Waals surface area (Å²) in [7, 11) is -1.05. The second-order valence-corrected chi connectivity index (χ2v) is 12.3. The quantitative estimate of drug-likeness (QED) is 0.195. The first-order chi connectivity index (χ1) is 17.5. The number of phenolic OH excluding ortho intramolecular Hbond substituents is 1. The highest BCUT2D eigenvalue weighted by Gasteiger charge is 2.25. The van der Waals surface area contributed by atoms with Gasteiger partial charge in [-0.25, -0.2) is 4.21 Å². The van der Waals surface area contributed by atoms with Crippen molar-refractivity contribution < 1.29 is 9.32 Å². The molecule has 0 saturated heterocycles. The molecule has 0 fully saturated rings. The molecule has 1 aliphatic heterocycles. The van der Waals surface area contributed by atoms with Crippen LogP contribution in [0.25, 0.3) is 36.2 Å². The molecule has 1 N–H and O–H groups in total. The molecule has 7 rings (SSSR count). The highest BCUT2D eigenvalue weighted by Crippen LogP contribution is 2.49. The van der Waals surface area contributed by atoms with Crippen LogP contribution >= 0.6 is 27.5 Å². The number of halogens is 1. The average molecular weight is 587 g/mol. The molecule has 5 aromatic carbocycles. The summed E-state index contributed by atoms with van der Waals surface area (Å²) in [5.74, 6) is 0.410. The van der Waals surface area contributed by atoms with Gasteiger partial charge in [-0.3, -0.25) is 0 Å². The van der Waals surface area contributed by atoms with Gasteiger partial charge in [-0.05, 0) is 72.5 Å². The van der Waals surface area contributed by atoms with Crippen LogP contribution in [-0.4, -0.2) is 9.32 Å². The summed E-state index contributed by atoms with van der Waals surface area (Å²) in [6.07, 6.45) is 0. The van der Waals surface area contributed by atoms with Gasteiger partial charge in [-0.15, -0.1) is 17.0 Å². The Morgan fingerprint density at radius 2 is 1.03 bits per heavy atom. The third kappa shape index (κ3) is 4.31. The van der Waals surface area contributed by atoms with Crippen molar-refractivity contribution in [3.8, 4) is 21.8 Å². The second-order valence-electron chi connectivity index (χ2n) is 8.97. The Morgan fingerprint density at radius 3 is 1.51 bits per heavy atom. The highest BCUT2D eigenvalue weighted by molar-refractivity contribution is 8.93. The minimum Gasteiger partial charge on any atom is -0.507 e. The fourth-order valence-electron chi connectivity index (χ4n) is 4.96. The molecule has 0 spiro atoms. The van der Waals surface area contributed by atoms with Crippen LogP contribution in [0.4, 0.5) is 0 Å². The number of fused-ring (bicyclic) bond motifs is 6. The summed E-state index contributed by atoms with van der Waals surface area (Å²) in [6.45, 7) is 3.95. The number of hydrogen-bond donors (Lipinski definition) is 1. The summed E-state index contributed by atoms with van der Waals surface area (Å²) in [6, 6.07) is 37.3. The predicted molar refractivity (Wildman–Crippen MR) is 163 cm³/mol. The molecule has 0 aliphatic carbocycles. The first-order valence-electron chi connectivity index (χ1n) is 11.9. The first-order valence-corrected chi connectivity index (χ1v) is 14.2. The molecule has 1 aromatic heterocycles. The number of rotatable bonds is 1. The van der Waals surface area contributed by atoms with E-state index in [-0.39, 0.29) is 27.5 Å². The van der Waals surface area contributed by atoms with Gasteiger partial charge in [0.2, 0.25) is 0 Å². The zero-order valence-electron chi connectivity index (χ0n) is 20.5. The fourth-order valence-corrected chi connectivity index (χ4v) is 8.92. The lowest BCUT2D eigenvalue weighted by molar-refractivity contribution is 0.467. The Hall–Kier alpha value is -3.25. The maximum atomic E-state index is 12.0. The lowest BCUT2D eigenvalue weighted by Crippen LogP contribution is -1.84. The van der Waals surface area contributed by atoms with Crippen LogP contribution in [0, 0.1) is 13.8 Å². The Morgan fingerprint density at radius 1 is 0.622 bits per heavy atom. The van der Waals surface area contributed by atoms with Gasteiger partial charge in [0.05, 0.1) is 20.6 Å². The molecule has 0 saturated carbocycles. The van der Waals surface area contributed by atoms with E-state index in [2.05, 4.69) is 60.7 Å². The minimum atomic E-state index is -0.973. The number of thiophene rings is 1. The van der Waals surface area contributed by atoms with Crippen LogP contribution in [0.3, 0.4) is 0 Å². The van der Waals surface area contributed by atoms with E-state index in [0.29, 0.717) is 5.75 Å². The van der Waals surface area contributed by atoms with E-state index < -0.39 is 10.8 Å². The highest BCUT2D eigenvalue weighted by atomic mass is 79.9. The van der Waals surface area contributed by atoms with Gasteiger partial charge < -0.3 is 5.11 Å². The Labute approximate surface area is 232 Å². The van der Waals surface area contributed by atoms with E-state index in [1.165, 1.54) is 25.1 Å². The van der Waals surface area contributed by atoms with Gasteiger partial charge in [-0.2, -0.15) is 0 Å². The average Bonchev–Trinajstić information content (AvgIpc) is 3.40. The van der Waals surface area contributed by atoms with E-state index >= 15 is 0 Å². The van der Waals surface area contributed by atoms with Gasteiger partial charge >= 0.3 is 0 Å². The van der Waals surface area contributed by atoms with Gasteiger partial charge in [0, 0.05) is 33.4 Å². The molecule has 2 nitrogen and oxygen atoms in total. The summed E-state index contributed by atoms with van der Waals surface area (Å²) in [4.78, 5) is 3.16. The summed E-state index contributed by atoms with van der Waals surface area (Å²) < 4.78 is 14.8. The normalized spacial score (nSPS) is 11.9. The molecule has 1 aliphatic rings. The molecule has 184 valence electrons. The van der Waals surface area contributed by atoms with E-state index in [9.17, 15) is 9.32 Å². The van der Waals surface area contributed by atoms with Gasteiger partial charge in [-0.1, -0.05) is 60.7 Å². The maximum Gasteiger partial charge on any atom is 0.187 e. The molecule has 0 radical (unpaired) electrons. The molecular weight excluding hydrogens is 560 g/mol. The number of aryl methyl sites for hydroxylation is 2. The van der Waals surface area contributed by atoms with Crippen molar-refractivity contribution in [3.63, 3.8) is 0 Å². The third-order valence-electron chi connectivity index (χ3n) is 6.67. The standard InChI is InChI=1S/C20H16OS.C12H8OS.BrH/c1-13-11-15(12-14(2)20(13)21)22-18-9-5-3-7-16(18)17-8-4-6-10-19(17)22;13-14-11-7-3-1-5-9(11)10-6-2-4-8-12(10)14;/h3-12H,1-2H3;1-8H;1H/p+1. The third-order valence-corrected chi connectivity index (χ3v) is 10.5. The van der Waals surface area contributed by atoms with Crippen LogP contribution in [0.5, 0.6) is 5.75 Å². The molecule has 0 atom stereocenters. The fraction of sp³-hybridized carbons (Fsp3) is 0.0625. The molecular formula is C32H26BrO2S2+. The number of phenols is 1. The monoisotopic (exact) mass is 585 g/mol. The molecule has 0 amide bonds. The molecule has 37 heavy (non-hydrogen) atoms. The van der Waals surface area contributed by atoms with Crippen molar-refractivity contribution in [2.45, 2.75) is 23.6 Å². The van der Waals surface area contributed by atoms with Crippen LogP contribution < -0.4 is 0 Å². The zero-order chi connectivity index (χ0) is 24.8. The van der Waals surface area contributed by atoms with Gasteiger partial charge in [0.1, 0.15) is 5.75 Å². The summed E-state index contributed by atoms with van der Waals surface area (Å²) in [5, 5.41) is 12.7. The van der Waals surface area contributed by atoms with E-state index in [1.54, 1.807) is 0 Å². The van der Waals surface area contributed by atoms with Crippen molar-refractivity contribution >= 4 is 58.4 Å². The van der Waals surface area contributed by atoms with Crippen LogP contribution in [-0.2, 0) is 10.8 Å². The number of aromatic hydroxyl groups is 1. The van der Waals surface area contributed by atoms with E-state index in [4.69, 9.17) is 0 Å². The van der Waals surface area contributed by atoms with Crippen LogP contribution in [0.2, 0.25) is 0 Å². The smallest absolute Gasteiger partial charge is 0.187 e. The Balaban J connectivity index is 0.000000161. The lowest BCUT2D eigenvalue weighted by Gasteiger charge is -2.03. The van der Waals surface area contributed by atoms with Crippen molar-refractivity contribution in [2.75, 3.05) is 0 Å². The SMILES string of the molecule is Br.Cc1cc(-[s+]2c3ccccc3c3ccccc32)cc(C)c1O.O=S1c2ccccc2-c2ccccc21. The molecule has 5 heteroatoms. The Kier molecular flexibility index (Phi) is 7.04. The topological polar surface area (TPSA) is 37.3 Å². The number of benzene rings is 5. The van der Waals surface area contributed by atoms with Crippen molar-refractivity contribution in [1.29, 1.82) is 0 Å². The molecule has 6 aromatic rings. The van der Waals surface area contributed by atoms with Gasteiger partial charge in [0.15, 0.2) is 14.3 Å². The number of hydrogen-bond acceptors (Lipinski definition) is 2. The van der Waals surface area contributed by atoms with Crippen LogP contribution in [0.1, 0.15) is 11.1 Å². The van der Waals surface area contributed by atoms with Gasteiger partial charge in [0.25, 0.3) is 0 Å². The molecule has 0 unspecified atom stereocenters. The van der Waals surface area contributed by atoms with Crippen molar-refractivity contribution in [2.24, 2.45) is 0 Å². The Bertz CT molecular complexity index is 1680. The lowest BCUT2D eigenvalue weighted by atomic mass is 10.1. The minimum absolute atomic E-state index is 0. The maximum absolute atomic E-state index is 12.0. The zero-order valence-corrected chi connectivity index (χ0v) is 23.8. The van der Waals surface area contributed by atoms with Crippen molar-refractivity contribution in [3.05, 3.63) is 120 Å². The summed E-state index contributed by atoms with van der Waals surface area (Å²) in [5.41, 5.74) is 4.12. The largest absolute Gasteiger partial charge is 0.507 e. The molecule has 2 heterocycles. The second kappa shape index (κ2) is 10.3. The molecule has 0 bridgehead atoms. The van der Waals surface area contributed by atoms with E-state index in [0.717, 1.165) is 32.0 Å².